The molecule has 0 N–H and O–H groups in total. The van der Waals surface area contributed by atoms with E-state index in [1.165, 1.54) is 4.90 Å². The molecule has 0 aliphatic carbocycles. The topological polar surface area (TPSA) is 20.3 Å². The molecular formula is C9H8BrCl2NO. The molecule has 1 rings (SSSR count). The summed E-state index contributed by atoms with van der Waals surface area (Å²) in [4.78, 5) is 13.1. The van der Waals surface area contributed by atoms with Crippen LogP contribution in [-0.2, 0) is 0 Å². The minimum atomic E-state index is -0.201. The van der Waals surface area contributed by atoms with Gasteiger partial charge >= 0.3 is 0 Å². The van der Waals surface area contributed by atoms with Crippen molar-refractivity contribution in [2.75, 3.05) is 14.1 Å². The van der Waals surface area contributed by atoms with E-state index in [0.29, 0.717) is 15.6 Å². The molecule has 5 heteroatoms. The molecule has 0 saturated carbocycles. The van der Waals surface area contributed by atoms with Crippen LogP contribution >= 0.6 is 39.1 Å². The second kappa shape index (κ2) is 4.51. The predicted octanol–water partition coefficient (Wildman–Crippen LogP) is 3.46. The molecule has 1 amide bonds. The minimum absolute atomic E-state index is 0.201. The van der Waals surface area contributed by atoms with Crippen LogP contribution in [0.5, 0.6) is 0 Å². The van der Waals surface area contributed by atoms with Gasteiger partial charge in [-0.1, -0.05) is 39.1 Å². The summed E-state index contributed by atoms with van der Waals surface area (Å²) in [6.45, 7) is 0. The average Bonchev–Trinajstić information content (AvgIpc) is 2.01. The largest absolute Gasteiger partial charge is 0.345 e. The van der Waals surface area contributed by atoms with Gasteiger partial charge in [-0.05, 0) is 12.1 Å². The van der Waals surface area contributed by atoms with Crippen molar-refractivity contribution >= 4 is 45.0 Å². The van der Waals surface area contributed by atoms with Crippen LogP contribution in [0.4, 0.5) is 0 Å². The Bertz CT molecular complexity index is 356. The standard InChI is InChI=1S/C9H8BrCl2NO/c1-13(2)9(14)8-6(11)3-5(10)4-7(8)12/h3-4H,1-2H3. The summed E-state index contributed by atoms with van der Waals surface area (Å²) in [5.74, 6) is -0.201. The summed E-state index contributed by atoms with van der Waals surface area (Å²) in [5.41, 5.74) is 0.335. The van der Waals surface area contributed by atoms with Gasteiger partial charge in [-0.25, -0.2) is 0 Å². The molecule has 14 heavy (non-hydrogen) atoms. The lowest BCUT2D eigenvalue weighted by Crippen LogP contribution is -2.22. The lowest BCUT2D eigenvalue weighted by molar-refractivity contribution is 0.0828. The van der Waals surface area contributed by atoms with Gasteiger partial charge in [0.2, 0.25) is 0 Å². The quantitative estimate of drug-likeness (QED) is 0.777. The lowest BCUT2D eigenvalue weighted by Gasteiger charge is -2.13. The minimum Gasteiger partial charge on any atom is -0.345 e. The molecule has 0 aliphatic rings. The Kier molecular flexibility index (Phi) is 3.81. The van der Waals surface area contributed by atoms with Crippen LogP contribution in [0.15, 0.2) is 16.6 Å². The van der Waals surface area contributed by atoms with Crippen LogP contribution in [0.25, 0.3) is 0 Å². The fraction of sp³-hybridized carbons (Fsp3) is 0.222. The third kappa shape index (κ3) is 2.41. The second-order valence-corrected chi connectivity index (χ2v) is 4.67. The van der Waals surface area contributed by atoms with E-state index >= 15 is 0 Å². The summed E-state index contributed by atoms with van der Waals surface area (Å²) < 4.78 is 0.753. The number of benzene rings is 1. The second-order valence-electron chi connectivity index (χ2n) is 2.94. The van der Waals surface area contributed by atoms with Crippen LogP contribution in [0, 0.1) is 0 Å². The lowest BCUT2D eigenvalue weighted by atomic mass is 10.2. The summed E-state index contributed by atoms with van der Waals surface area (Å²) in [6.07, 6.45) is 0. The van der Waals surface area contributed by atoms with Gasteiger partial charge in [0.05, 0.1) is 15.6 Å². The maximum atomic E-state index is 11.6. The maximum absolute atomic E-state index is 11.6. The van der Waals surface area contributed by atoms with Gasteiger partial charge in [0.25, 0.3) is 5.91 Å². The van der Waals surface area contributed by atoms with E-state index in [-0.39, 0.29) is 5.91 Å². The number of amides is 1. The zero-order valence-corrected chi connectivity index (χ0v) is 10.7. The van der Waals surface area contributed by atoms with Crippen molar-refractivity contribution in [3.05, 3.63) is 32.2 Å². The molecule has 0 atom stereocenters. The first-order valence-electron chi connectivity index (χ1n) is 3.79. The molecule has 1 aromatic rings. The van der Waals surface area contributed by atoms with Crippen molar-refractivity contribution in [3.63, 3.8) is 0 Å². The van der Waals surface area contributed by atoms with E-state index in [0.717, 1.165) is 4.47 Å². The van der Waals surface area contributed by atoms with Crippen LogP contribution < -0.4 is 0 Å². The first-order chi connectivity index (χ1) is 6.43. The predicted molar refractivity (Wildman–Crippen MR) is 62.2 cm³/mol. The number of carbonyl (C=O) groups excluding carboxylic acids is 1. The SMILES string of the molecule is CN(C)C(=O)c1c(Cl)cc(Br)cc1Cl. The van der Waals surface area contributed by atoms with Gasteiger partial charge in [-0.3, -0.25) is 4.79 Å². The molecule has 76 valence electrons. The number of hydrogen-bond acceptors (Lipinski definition) is 1. The van der Waals surface area contributed by atoms with Crippen LogP contribution in [0.3, 0.4) is 0 Å². The normalized spacial score (nSPS) is 10.1. The zero-order chi connectivity index (χ0) is 10.9. The Hall–Kier alpha value is -0.250. The average molecular weight is 297 g/mol. The van der Waals surface area contributed by atoms with Gasteiger partial charge in [-0.15, -0.1) is 0 Å². The summed E-state index contributed by atoms with van der Waals surface area (Å²) in [7, 11) is 3.30. The van der Waals surface area contributed by atoms with Crippen LogP contribution in [0.1, 0.15) is 10.4 Å². The molecule has 0 heterocycles. The fourth-order valence-corrected chi connectivity index (χ4v) is 2.34. The molecule has 0 saturated heterocycles. The summed E-state index contributed by atoms with van der Waals surface area (Å²) in [6, 6.07) is 3.29. The van der Waals surface area contributed by atoms with Gasteiger partial charge < -0.3 is 4.90 Å². The van der Waals surface area contributed by atoms with Gasteiger partial charge in [0, 0.05) is 18.6 Å². The first kappa shape index (κ1) is 11.8. The first-order valence-corrected chi connectivity index (χ1v) is 5.34. The van der Waals surface area contributed by atoms with E-state index in [1.54, 1.807) is 26.2 Å². The van der Waals surface area contributed by atoms with E-state index in [4.69, 9.17) is 23.2 Å². The maximum Gasteiger partial charge on any atom is 0.256 e. The molecule has 0 spiro atoms. The number of carbonyl (C=O) groups is 1. The van der Waals surface area contributed by atoms with E-state index < -0.39 is 0 Å². The van der Waals surface area contributed by atoms with Crippen molar-refractivity contribution in [2.24, 2.45) is 0 Å². The Morgan fingerprint density at radius 1 is 1.29 bits per heavy atom. The van der Waals surface area contributed by atoms with E-state index in [9.17, 15) is 4.79 Å². The fourth-order valence-electron chi connectivity index (χ4n) is 0.970. The Morgan fingerprint density at radius 2 is 1.71 bits per heavy atom. The highest BCUT2D eigenvalue weighted by molar-refractivity contribution is 9.10. The molecule has 0 aromatic heterocycles. The number of nitrogens with zero attached hydrogens (tertiary/aromatic N) is 1. The van der Waals surface area contributed by atoms with Crippen molar-refractivity contribution in [1.29, 1.82) is 0 Å². The summed E-state index contributed by atoms with van der Waals surface area (Å²) in [5, 5.41) is 0.700. The monoisotopic (exact) mass is 295 g/mol. The Balaban J connectivity index is 3.28. The highest BCUT2D eigenvalue weighted by Gasteiger charge is 2.16. The number of rotatable bonds is 1. The highest BCUT2D eigenvalue weighted by Crippen LogP contribution is 2.29. The zero-order valence-electron chi connectivity index (χ0n) is 7.64. The van der Waals surface area contributed by atoms with Crippen molar-refractivity contribution in [3.8, 4) is 0 Å². The van der Waals surface area contributed by atoms with Crippen molar-refractivity contribution < 1.29 is 4.79 Å². The van der Waals surface area contributed by atoms with Crippen LogP contribution in [0.2, 0.25) is 10.0 Å². The van der Waals surface area contributed by atoms with Crippen molar-refractivity contribution in [2.45, 2.75) is 0 Å². The molecule has 0 fully saturated rings. The molecule has 0 aliphatic heterocycles. The Labute approximate surface area is 101 Å². The molecule has 0 bridgehead atoms. The number of hydrogen-bond donors (Lipinski definition) is 0. The third-order valence-electron chi connectivity index (χ3n) is 1.63. The third-order valence-corrected chi connectivity index (χ3v) is 2.68. The molecule has 1 aromatic carbocycles. The Morgan fingerprint density at radius 3 is 2.07 bits per heavy atom. The van der Waals surface area contributed by atoms with E-state index in [1.807, 2.05) is 0 Å². The molecular weight excluding hydrogens is 289 g/mol. The smallest absolute Gasteiger partial charge is 0.256 e. The van der Waals surface area contributed by atoms with Gasteiger partial charge in [0.1, 0.15) is 0 Å². The summed E-state index contributed by atoms with van der Waals surface area (Å²) >= 11 is 15.1. The van der Waals surface area contributed by atoms with Crippen molar-refractivity contribution in [1.82, 2.24) is 4.90 Å². The van der Waals surface area contributed by atoms with E-state index in [2.05, 4.69) is 15.9 Å². The molecule has 0 radical (unpaired) electrons. The molecule has 2 nitrogen and oxygen atoms in total. The number of halogens is 3. The van der Waals surface area contributed by atoms with Gasteiger partial charge in [0.15, 0.2) is 0 Å². The van der Waals surface area contributed by atoms with Gasteiger partial charge in [-0.2, -0.15) is 0 Å². The highest BCUT2D eigenvalue weighted by atomic mass is 79.9. The molecule has 0 unspecified atom stereocenters. The van der Waals surface area contributed by atoms with Crippen LogP contribution in [-0.4, -0.2) is 24.9 Å².